The number of ether oxygens (including phenoxy) is 3. The molecule has 0 radical (unpaired) electrons. The van der Waals surface area contributed by atoms with E-state index in [-0.39, 0.29) is 36.4 Å². The second-order valence-electron chi connectivity index (χ2n) is 7.18. The van der Waals surface area contributed by atoms with Crippen LogP contribution in [0.15, 0.2) is 12.3 Å². The van der Waals surface area contributed by atoms with Crippen molar-refractivity contribution < 1.29 is 19.0 Å². The van der Waals surface area contributed by atoms with E-state index in [1.165, 1.54) is 0 Å². The third kappa shape index (κ3) is 3.66. The Bertz CT molecular complexity index is 604. The van der Waals surface area contributed by atoms with E-state index in [1.54, 1.807) is 6.20 Å². The van der Waals surface area contributed by atoms with E-state index in [0.717, 1.165) is 5.69 Å². The lowest BCUT2D eigenvalue weighted by atomic mass is 9.92. The predicted octanol–water partition coefficient (Wildman–Crippen LogP) is 0.223. The van der Waals surface area contributed by atoms with E-state index in [0.29, 0.717) is 19.2 Å². The zero-order chi connectivity index (χ0) is 17.3. The molecule has 3 N–H and O–H groups in total. The van der Waals surface area contributed by atoms with E-state index >= 15 is 0 Å². The second kappa shape index (κ2) is 6.62. The molecule has 8 nitrogen and oxygen atoms in total. The van der Waals surface area contributed by atoms with Crippen molar-refractivity contribution >= 4 is 11.9 Å². The van der Waals surface area contributed by atoms with Crippen molar-refractivity contribution in [1.29, 1.82) is 0 Å². The van der Waals surface area contributed by atoms with Gasteiger partial charge in [0.1, 0.15) is 24.9 Å². The molecular weight excluding hydrogens is 312 g/mol. The fourth-order valence-electron chi connectivity index (χ4n) is 2.93. The van der Waals surface area contributed by atoms with E-state index in [4.69, 9.17) is 19.9 Å². The summed E-state index contributed by atoms with van der Waals surface area (Å²) >= 11 is 0. The van der Waals surface area contributed by atoms with Crippen LogP contribution in [0.1, 0.15) is 26.5 Å². The molecule has 0 spiro atoms. The third-order valence-electron chi connectivity index (χ3n) is 4.19. The average Bonchev–Trinajstić information content (AvgIpc) is 3.08. The predicted molar refractivity (Wildman–Crippen MR) is 86.6 cm³/mol. The van der Waals surface area contributed by atoms with Crippen molar-refractivity contribution in [3.63, 3.8) is 0 Å². The molecule has 3 heterocycles. The van der Waals surface area contributed by atoms with Gasteiger partial charge in [0, 0.05) is 11.6 Å². The van der Waals surface area contributed by atoms with Gasteiger partial charge in [-0.2, -0.15) is 0 Å². The zero-order valence-corrected chi connectivity index (χ0v) is 14.2. The minimum Gasteiger partial charge on any atom is -0.370 e. The van der Waals surface area contributed by atoms with Crippen LogP contribution >= 0.6 is 0 Å². The molecular formula is C16H24N4O4. The number of aromatic nitrogens is 2. The zero-order valence-electron chi connectivity index (χ0n) is 14.2. The first-order valence-corrected chi connectivity index (χ1v) is 8.08. The number of hydrogen-bond donors (Lipinski definition) is 2. The normalized spacial score (nSPS) is 29.5. The van der Waals surface area contributed by atoms with Gasteiger partial charge in [0.2, 0.25) is 11.9 Å². The minimum absolute atomic E-state index is 0.0500. The molecule has 4 atom stereocenters. The molecule has 3 rings (SSSR count). The number of fused-ring (bicyclic) bond motifs is 1. The highest BCUT2D eigenvalue weighted by Crippen LogP contribution is 2.30. The van der Waals surface area contributed by atoms with Crippen LogP contribution in [0.2, 0.25) is 0 Å². The first-order valence-electron chi connectivity index (χ1n) is 8.08. The highest BCUT2D eigenvalue weighted by atomic mass is 16.6. The fraction of sp³-hybridized carbons (Fsp3) is 0.688. The van der Waals surface area contributed by atoms with Gasteiger partial charge < -0.3 is 25.3 Å². The van der Waals surface area contributed by atoms with Crippen molar-refractivity contribution in [2.75, 3.05) is 25.1 Å². The Labute approximate surface area is 141 Å². The second-order valence-corrected chi connectivity index (χ2v) is 7.18. The van der Waals surface area contributed by atoms with Crippen LogP contribution in [0, 0.1) is 0 Å². The molecule has 24 heavy (non-hydrogen) atoms. The molecule has 2 saturated heterocycles. The van der Waals surface area contributed by atoms with Crippen molar-refractivity contribution in [2.24, 2.45) is 5.73 Å². The molecule has 132 valence electrons. The average molecular weight is 336 g/mol. The van der Waals surface area contributed by atoms with Crippen LogP contribution in [-0.4, -0.2) is 60.0 Å². The molecule has 1 amide bonds. The van der Waals surface area contributed by atoms with Gasteiger partial charge in [-0.1, -0.05) is 20.8 Å². The summed E-state index contributed by atoms with van der Waals surface area (Å²) in [5, 5.41) is 3.29. The van der Waals surface area contributed by atoms with Gasteiger partial charge in [-0.25, -0.2) is 9.97 Å². The highest BCUT2D eigenvalue weighted by Gasteiger charge is 2.48. The number of hydrogen-bond acceptors (Lipinski definition) is 7. The molecule has 8 heteroatoms. The van der Waals surface area contributed by atoms with Crippen LogP contribution in [0.4, 0.5) is 5.95 Å². The maximum atomic E-state index is 10.9. The van der Waals surface area contributed by atoms with E-state index < -0.39 is 5.91 Å². The fourth-order valence-corrected chi connectivity index (χ4v) is 2.93. The summed E-state index contributed by atoms with van der Waals surface area (Å²) in [5.41, 5.74) is 6.03. The number of anilines is 1. The molecule has 2 aliphatic heterocycles. The molecule has 0 saturated carbocycles. The summed E-state index contributed by atoms with van der Waals surface area (Å²) in [7, 11) is 0. The van der Waals surface area contributed by atoms with Gasteiger partial charge in [-0.3, -0.25) is 4.79 Å². The number of nitrogens with one attached hydrogen (secondary N) is 1. The van der Waals surface area contributed by atoms with Gasteiger partial charge in [0.05, 0.1) is 24.9 Å². The Morgan fingerprint density at radius 2 is 2.12 bits per heavy atom. The largest absolute Gasteiger partial charge is 0.370 e. The molecule has 0 aliphatic carbocycles. The quantitative estimate of drug-likeness (QED) is 0.792. The molecule has 1 aromatic heterocycles. The molecule has 2 fully saturated rings. The topological polar surface area (TPSA) is 109 Å². The van der Waals surface area contributed by atoms with Gasteiger partial charge >= 0.3 is 0 Å². The first-order chi connectivity index (χ1) is 11.3. The van der Waals surface area contributed by atoms with Crippen LogP contribution in [0.25, 0.3) is 0 Å². The Balaban J connectivity index is 1.63. The number of carbonyl (C=O) groups is 1. The van der Waals surface area contributed by atoms with Gasteiger partial charge in [-0.15, -0.1) is 0 Å². The van der Waals surface area contributed by atoms with Crippen molar-refractivity contribution in [3.05, 3.63) is 18.0 Å². The Morgan fingerprint density at radius 3 is 2.83 bits per heavy atom. The number of carbonyl (C=O) groups excluding carboxylic acids is 1. The SMILES string of the molecule is CC(C)(C)c1ccnc(N[C@@H]2CO[C@@H]3[C@@H]2OC[C@H]3OCC(N)=O)n1. The van der Waals surface area contributed by atoms with Crippen LogP contribution in [0.5, 0.6) is 0 Å². The molecule has 0 unspecified atom stereocenters. The first kappa shape index (κ1) is 17.1. The van der Waals surface area contributed by atoms with Crippen molar-refractivity contribution in [1.82, 2.24) is 9.97 Å². The summed E-state index contributed by atoms with van der Waals surface area (Å²) in [6.45, 7) is 7.03. The van der Waals surface area contributed by atoms with Gasteiger partial charge in [0.15, 0.2) is 0 Å². The standard InChI is InChI=1S/C16H24N4O4/c1-16(2,3)11-4-5-18-15(20-11)19-9-6-23-14-10(7-24-13(9)14)22-8-12(17)21/h4-5,9-10,13-14H,6-8H2,1-3H3,(H2,17,21)(H,18,19,20)/t9-,10-,13-,14+/m1/s1. The van der Waals surface area contributed by atoms with Gasteiger partial charge in [-0.05, 0) is 6.07 Å². The number of amides is 1. The maximum absolute atomic E-state index is 10.9. The smallest absolute Gasteiger partial charge is 0.243 e. The van der Waals surface area contributed by atoms with Crippen LogP contribution < -0.4 is 11.1 Å². The van der Waals surface area contributed by atoms with Crippen LogP contribution in [0.3, 0.4) is 0 Å². The Hall–Kier alpha value is -1.77. The lowest BCUT2D eigenvalue weighted by Crippen LogP contribution is -2.37. The van der Waals surface area contributed by atoms with E-state index in [1.807, 2.05) is 6.07 Å². The molecule has 1 aromatic rings. The van der Waals surface area contributed by atoms with Crippen LogP contribution in [-0.2, 0) is 24.4 Å². The number of nitrogens with zero attached hydrogens (tertiary/aromatic N) is 2. The van der Waals surface area contributed by atoms with Crippen molar-refractivity contribution in [3.8, 4) is 0 Å². The molecule has 0 bridgehead atoms. The number of primary amides is 1. The lowest BCUT2D eigenvalue weighted by Gasteiger charge is -2.20. The number of rotatable bonds is 5. The Kier molecular flexibility index (Phi) is 4.71. The van der Waals surface area contributed by atoms with Gasteiger partial charge in [0.25, 0.3) is 0 Å². The Morgan fingerprint density at radius 1 is 1.38 bits per heavy atom. The van der Waals surface area contributed by atoms with E-state index in [9.17, 15) is 4.79 Å². The summed E-state index contributed by atoms with van der Waals surface area (Å²) in [6, 6.07) is 1.85. The summed E-state index contributed by atoms with van der Waals surface area (Å²) < 4.78 is 17.0. The summed E-state index contributed by atoms with van der Waals surface area (Å²) in [5.74, 6) is 0.0558. The highest BCUT2D eigenvalue weighted by molar-refractivity contribution is 5.75. The summed E-state index contributed by atoms with van der Waals surface area (Å²) in [6.07, 6.45) is 1.09. The molecule has 0 aromatic carbocycles. The third-order valence-corrected chi connectivity index (χ3v) is 4.19. The number of nitrogens with two attached hydrogens (primary N) is 1. The monoisotopic (exact) mass is 336 g/mol. The maximum Gasteiger partial charge on any atom is 0.243 e. The van der Waals surface area contributed by atoms with E-state index in [2.05, 4.69) is 36.1 Å². The summed E-state index contributed by atoms with van der Waals surface area (Å²) in [4.78, 5) is 19.7. The lowest BCUT2D eigenvalue weighted by molar-refractivity contribution is -0.126. The molecule has 2 aliphatic rings. The minimum atomic E-state index is -0.501. The van der Waals surface area contributed by atoms with Crippen molar-refractivity contribution in [2.45, 2.75) is 50.5 Å².